The zero-order valence-electron chi connectivity index (χ0n) is 15.3. The zero-order chi connectivity index (χ0) is 20.0. The van der Waals surface area contributed by atoms with Crippen LogP contribution >= 0.6 is 35.4 Å². The van der Waals surface area contributed by atoms with Crippen LogP contribution in [0.3, 0.4) is 0 Å². The van der Waals surface area contributed by atoms with Crippen LogP contribution in [0, 0.1) is 0 Å². The molecule has 1 amide bonds. The maximum Gasteiger partial charge on any atom is 0.276 e. The largest absolute Gasteiger partial charge is 0.342 e. The molecule has 1 saturated heterocycles. The van der Waals surface area contributed by atoms with E-state index in [0.717, 1.165) is 22.0 Å². The number of benzene rings is 2. The van der Waals surface area contributed by atoms with Gasteiger partial charge in [0.25, 0.3) is 5.91 Å². The number of hydrogen-bond donors (Lipinski definition) is 0. The predicted molar refractivity (Wildman–Crippen MR) is 119 cm³/mol. The zero-order valence-corrected chi connectivity index (χ0v) is 17.6. The Labute approximate surface area is 178 Å². The van der Waals surface area contributed by atoms with Crippen molar-refractivity contribution in [2.45, 2.75) is 6.54 Å². The van der Waals surface area contributed by atoms with E-state index in [1.54, 1.807) is 18.0 Å². The van der Waals surface area contributed by atoms with Crippen molar-refractivity contribution < 1.29 is 4.79 Å². The summed E-state index contributed by atoms with van der Waals surface area (Å²) in [6, 6.07) is 13.6. The molecule has 0 saturated carbocycles. The first-order valence-electron chi connectivity index (χ1n) is 8.66. The van der Waals surface area contributed by atoms with Crippen molar-refractivity contribution in [3.05, 3.63) is 75.5 Å². The van der Waals surface area contributed by atoms with Crippen LogP contribution in [-0.4, -0.2) is 39.5 Å². The molecule has 3 aromatic rings. The molecule has 7 heteroatoms. The molecule has 0 bridgehead atoms. The minimum atomic E-state index is -0.106. The number of carbonyl (C=O) groups is 1. The molecule has 0 aliphatic carbocycles. The fourth-order valence-electron chi connectivity index (χ4n) is 3.39. The van der Waals surface area contributed by atoms with Crippen LogP contribution in [0.5, 0.6) is 0 Å². The van der Waals surface area contributed by atoms with E-state index in [9.17, 15) is 4.79 Å². The molecule has 2 aromatic carbocycles. The fraction of sp³-hybridized carbons (Fsp3) is 0.143. The Balaban J connectivity index is 1.80. The summed E-state index contributed by atoms with van der Waals surface area (Å²) in [5, 5.41) is 2.79. The number of carbonyl (C=O) groups excluding carboxylic acids is 1. The number of aromatic nitrogens is 1. The molecule has 2 heterocycles. The number of fused-ring (bicyclic) bond motifs is 1. The highest BCUT2D eigenvalue weighted by Gasteiger charge is 2.32. The summed E-state index contributed by atoms with van der Waals surface area (Å²) in [6.45, 7) is 0.599. The number of halogens is 2. The number of amides is 1. The predicted octanol–water partition coefficient (Wildman–Crippen LogP) is 5.03. The van der Waals surface area contributed by atoms with Crippen LogP contribution in [0.1, 0.15) is 11.1 Å². The second-order valence-electron chi connectivity index (χ2n) is 6.70. The molecule has 0 unspecified atom stereocenters. The minimum Gasteiger partial charge on any atom is -0.342 e. The van der Waals surface area contributed by atoms with E-state index in [1.807, 2.05) is 49.7 Å². The molecular weight excluding hydrogens is 413 g/mol. The van der Waals surface area contributed by atoms with Crippen molar-refractivity contribution >= 4 is 63.4 Å². The smallest absolute Gasteiger partial charge is 0.276 e. The van der Waals surface area contributed by atoms with E-state index in [1.165, 1.54) is 4.90 Å². The van der Waals surface area contributed by atoms with Gasteiger partial charge in [-0.1, -0.05) is 47.5 Å². The standard InChI is InChI=1S/C21H17Cl2N3OS/c1-24-19(20(27)25(2)21(24)28)9-14-12-26(18-6-4-3-5-16(14)18)11-13-7-8-15(22)10-17(13)23/h3-10,12H,11H2,1-2H3. The van der Waals surface area contributed by atoms with Gasteiger partial charge in [-0.2, -0.15) is 0 Å². The Morgan fingerprint density at radius 1 is 1.07 bits per heavy atom. The molecule has 1 aliphatic heterocycles. The first-order chi connectivity index (χ1) is 13.4. The van der Waals surface area contributed by atoms with Crippen molar-refractivity contribution in [3.8, 4) is 0 Å². The number of rotatable bonds is 3. The van der Waals surface area contributed by atoms with E-state index < -0.39 is 0 Å². The molecule has 1 aromatic heterocycles. The lowest BCUT2D eigenvalue weighted by Crippen LogP contribution is -2.26. The molecule has 1 fully saturated rings. The van der Waals surface area contributed by atoms with Gasteiger partial charge in [0.05, 0.1) is 0 Å². The average Bonchev–Trinajstić information content (AvgIpc) is 3.11. The van der Waals surface area contributed by atoms with Gasteiger partial charge < -0.3 is 9.47 Å². The van der Waals surface area contributed by atoms with Crippen molar-refractivity contribution in [2.75, 3.05) is 14.1 Å². The van der Waals surface area contributed by atoms with Gasteiger partial charge in [-0.05, 0) is 42.1 Å². The molecule has 28 heavy (non-hydrogen) atoms. The van der Waals surface area contributed by atoms with Crippen molar-refractivity contribution in [1.29, 1.82) is 0 Å². The molecule has 0 radical (unpaired) electrons. The number of thiocarbonyl (C=S) groups is 1. The third-order valence-corrected chi connectivity index (χ3v) is 6.06. The Bertz CT molecular complexity index is 1150. The van der Waals surface area contributed by atoms with E-state index in [-0.39, 0.29) is 5.91 Å². The maximum atomic E-state index is 12.5. The van der Waals surface area contributed by atoms with Crippen molar-refractivity contribution in [3.63, 3.8) is 0 Å². The first-order valence-corrected chi connectivity index (χ1v) is 9.82. The van der Waals surface area contributed by atoms with Crippen molar-refractivity contribution in [2.24, 2.45) is 0 Å². The van der Waals surface area contributed by atoms with Crippen LogP contribution in [0.15, 0.2) is 54.4 Å². The van der Waals surface area contributed by atoms with E-state index in [0.29, 0.717) is 27.4 Å². The summed E-state index contributed by atoms with van der Waals surface area (Å²) >= 11 is 17.7. The summed E-state index contributed by atoms with van der Waals surface area (Å²) in [6.07, 6.45) is 3.92. The van der Waals surface area contributed by atoms with Crippen LogP contribution in [0.2, 0.25) is 10.0 Å². The number of nitrogens with zero attached hydrogens (tertiary/aromatic N) is 3. The second-order valence-corrected chi connectivity index (χ2v) is 7.91. The summed E-state index contributed by atoms with van der Waals surface area (Å²) in [7, 11) is 3.50. The van der Waals surface area contributed by atoms with Gasteiger partial charge in [-0.3, -0.25) is 9.69 Å². The Morgan fingerprint density at radius 3 is 2.50 bits per heavy atom. The molecule has 0 N–H and O–H groups in total. The maximum absolute atomic E-state index is 12.5. The summed E-state index contributed by atoms with van der Waals surface area (Å²) in [4.78, 5) is 15.7. The molecular formula is C21H17Cl2N3OS. The lowest BCUT2D eigenvalue weighted by atomic mass is 10.1. The highest BCUT2D eigenvalue weighted by atomic mass is 35.5. The summed E-state index contributed by atoms with van der Waals surface area (Å²) in [5.74, 6) is -0.106. The van der Waals surface area contributed by atoms with Gasteiger partial charge >= 0.3 is 0 Å². The number of likely N-dealkylation sites (N-methyl/N-ethyl adjacent to an activating group) is 2. The minimum absolute atomic E-state index is 0.106. The van der Waals surface area contributed by atoms with E-state index >= 15 is 0 Å². The molecule has 1 aliphatic rings. The van der Waals surface area contributed by atoms with Crippen molar-refractivity contribution in [1.82, 2.24) is 14.4 Å². The lowest BCUT2D eigenvalue weighted by molar-refractivity contribution is -0.121. The third-order valence-electron chi connectivity index (χ3n) is 4.93. The Kier molecular flexibility index (Phi) is 4.91. The highest BCUT2D eigenvalue weighted by molar-refractivity contribution is 7.80. The lowest BCUT2D eigenvalue weighted by Gasteiger charge is -2.10. The molecule has 4 nitrogen and oxygen atoms in total. The molecule has 0 spiro atoms. The molecule has 0 atom stereocenters. The quantitative estimate of drug-likeness (QED) is 0.431. The molecule has 142 valence electrons. The van der Waals surface area contributed by atoms with Crippen LogP contribution in [0.25, 0.3) is 17.0 Å². The van der Waals surface area contributed by atoms with Gasteiger partial charge in [0.15, 0.2) is 5.11 Å². The second kappa shape index (κ2) is 7.24. The Morgan fingerprint density at radius 2 is 1.82 bits per heavy atom. The highest BCUT2D eigenvalue weighted by Crippen LogP contribution is 2.29. The summed E-state index contributed by atoms with van der Waals surface area (Å²) in [5.41, 5.74) is 3.54. The van der Waals surface area contributed by atoms with Crippen LogP contribution in [0.4, 0.5) is 0 Å². The third kappa shape index (κ3) is 3.20. The number of para-hydroxylation sites is 1. The summed E-state index contributed by atoms with van der Waals surface area (Å²) < 4.78 is 2.12. The van der Waals surface area contributed by atoms with E-state index in [2.05, 4.69) is 10.6 Å². The van der Waals surface area contributed by atoms with Gasteiger partial charge in [0.2, 0.25) is 0 Å². The Hall–Kier alpha value is -2.34. The SMILES string of the molecule is CN1C(=O)C(=Cc2cn(Cc3ccc(Cl)cc3Cl)c3ccccc23)N(C)C1=S. The first kappa shape index (κ1) is 19.0. The fourth-order valence-corrected chi connectivity index (χ4v) is 4.04. The van der Waals surface area contributed by atoms with Gasteiger partial charge in [0.1, 0.15) is 5.70 Å². The monoisotopic (exact) mass is 429 g/mol. The van der Waals surface area contributed by atoms with Gasteiger partial charge in [0, 0.05) is 53.3 Å². The topological polar surface area (TPSA) is 28.5 Å². The van der Waals surface area contributed by atoms with E-state index in [4.69, 9.17) is 35.4 Å². The average molecular weight is 430 g/mol. The van der Waals surface area contributed by atoms with Crippen LogP contribution in [-0.2, 0) is 11.3 Å². The number of hydrogen-bond acceptors (Lipinski definition) is 2. The normalized spacial score (nSPS) is 16.1. The van der Waals surface area contributed by atoms with Gasteiger partial charge in [-0.15, -0.1) is 0 Å². The van der Waals surface area contributed by atoms with Crippen LogP contribution < -0.4 is 0 Å². The molecule has 4 rings (SSSR count). The van der Waals surface area contributed by atoms with Gasteiger partial charge in [-0.25, -0.2) is 0 Å².